The van der Waals surface area contributed by atoms with E-state index in [1.165, 1.54) is 23.1 Å². The quantitative estimate of drug-likeness (QED) is 0.143. The zero-order chi connectivity index (χ0) is 37.2. The SMILES string of the molecule is C=CCN(C(=O)C(Cc1ccc(O)cc1)NC(=O)OC(C)(C)C)C(C(=O)NC(Cc1ccccc1)C(=O)OC(C)(C)C)c1cc(C)ccc1C. The van der Waals surface area contributed by atoms with E-state index >= 15 is 0 Å². The van der Waals surface area contributed by atoms with Crippen LogP contribution in [0.4, 0.5) is 4.79 Å². The molecule has 0 aliphatic heterocycles. The van der Waals surface area contributed by atoms with Crippen LogP contribution in [-0.4, -0.2) is 63.7 Å². The van der Waals surface area contributed by atoms with E-state index in [4.69, 9.17) is 9.47 Å². The molecule has 3 N–H and O–H groups in total. The van der Waals surface area contributed by atoms with E-state index in [1.54, 1.807) is 53.7 Å². The average Bonchev–Trinajstić information content (AvgIpc) is 3.01. The maximum Gasteiger partial charge on any atom is 0.408 e. The van der Waals surface area contributed by atoms with Crippen molar-refractivity contribution in [3.8, 4) is 5.75 Å². The molecule has 3 rings (SSSR count). The minimum Gasteiger partial charge on any atom is -0.508 e. The molecule has 10 nitrogen and oxygen atoms in total. The summed E-state index contributed by atoms with van der Waals surface area (Å²) in [4.78, 5) is 57.3. The van der Waals surface area contributed by atoms with E-state index in [1.807, 2.05) is 62.4 Å². The van der Waals surface area contributed by atoms with E-state index in [9.17, 15) is 24.3 Å². The van der Waals surface area contributed by atoms with Gasteiger partial charge in [0.2, 0.25) is 11.8 Å². The first kappa shape index (κ1) is 39.3. The number of benzene rings is 3. The monoisotopic (exact) mass is 685 g/mol. The van der Waals surface area contributed by atoms with Crippen molar-refractivity contribution in [1.82, 2.24) is 15.5 Å². The topological polar surface area (TPSA) is 134 Å². The summed E-state index contributed by atoms with van der Waals surface area (Å²) >= 11 is 0. The maximum absolute atomic E-state index is 14.7. The van der Waals surface area contributed by atoms with Gasteiger partial charge < -0.3 is 30.1 Å². The van der Waals surface area contributed by atoms with Crippen molar-refractivity contribution in [2.24, 2.45) is 0 Å². The molecule has 0 aliphatic rings. The number of phenolic OH excluding ortho intramolecular Hbond substituents is 1. The molecule has 3 aromatic carbocycles. The summed E-state index contributed by atoms with van der Waals surface area (Å²) in [5, 5.41) is 15.5. The number of phenols is 1. The molecule has 3 atom stereocenters. The fraction of sp³-hybridized carbons (Fsp3) is 0.400. The van der Waals surface area contributed by atoms with Gasteiger partial charge in [-0.25, -0.2) is 9.59 Å². The normalized spacial score (nSPS) is 13.3. The Morgan fingerprint density at radius 2 is 1.38 bits per heavy atom. The van der Waals surface area contributed by atoms with Crippen LogP contribution >= 0.6 is 0 Å². The minimum atomic E-state index is -1.23. The van der Waals surface area contributed by atoms with Crippen LogP contribution in [0.15, 0.2) is 85.5 Å². The number of hydrogen-bond acceptors (Lipinski definition) is 7. The van der Waals surface area contributed by atoms with Gasteiger partial charge in [-0.1, -0.05) is 72.3 Å². The molecule has 3 amide bonds. The van der Waals surface area contributed by atoms with Gasteiger partial charge in [0, 0.05) is 19.4 Å². The molecular formula is C40H51N3O7. The largest absolute Gasteiger partial charge is 0.508 e. The number of carbonyl (C=O) groups excluding carboxylic acids is 4. The summed E-state index contributed by atoms with van der Waals surface area (Å²) in [7, 11) is 0. The number of rotatable bonds is 13. The molecule has 3 aromatic rings. The van der Waals surface area contributed by atoms with Crippen LogP contribution in [0.1, 0.15) is 75.4 Å². The molecule has 10 heteroatoms. The Labute approximate surface area is 295 Å². The van der Waals surface area contributed by atoms with E-state index in [2.05, 4.69) is 17.2 Å². The number of aryl methyl sites for hydroxylation is 2. The number of aromatic hydroxyl groups is 1. The summed E-state index contributed by atoms with van der Waals surface area (Å²) in [6.07, 6.45) is 0.875. The zero-order valence-electron chi connectivity index (χ0n) is 30.4. The molecule has 0 spiro atoms. The van der Waals surface area contributed by atoms with E-state index in [-0.39, 0.29) is 25.1 Å². The summed E-state index contributed by atoms with van der Waals surface area (Å²) in [5.74, 6) is -1.76. The summed E-state index contributed by atoms with van der Waals surface area (Å²) < 4.78 is 11.2. The highest BCUT2D eigenvalue weighted by Crippen LogP contribution is 2.28. The van der Waals surface area contributed by atoms with E-state index < -0.39 is 53.2 Å². The molecule has 0 aliphatic carbocycles. The first-order chi connectivity index (χ1) is 23.4. The second-order valence-corrected chi connectivity index (χ2v) is 14.4. The Morgan fingerprint density at radius 3 is 1.96 bits per heavy atom. The number of amides is 3. The Hall–Kier alpha value is -5.12. The van der Waals surface area contributed by atoms with Crippen molar-refractivity contribution in [1.29, 1.82) is 0 Å². The molecule has 50 heavy (non-hydrogen) atoms. The van der Waals surface area contributed by atoms with Crippen LogP contribution in [0.5, 0.6) is 5.75 Å². The van der Waals surface area contributed by atoms with Gasteiger partial charge in [0.05, 0.1) is 0 Å². The third-order valence-electron chi connectivity index (χ3n) is 7.55. The molecule has 0 radical (unpaired) electrons. The number of nitrogens with one attached hydrogen (secondary N) is 2. The summed E-state index contributed by atoms with van der Waals surface area (Å²) in [6.45, 7) is 17.9. The van der Waals surface area contributed by atoms with Gasteiger partial charge in [-0.15, -0.1) is 6.58 Å². The van der Waals surface area contributed by atoms with Crippen LogP contribution in [0.2, 0.25) is 0 Å². The number of nitrogens with zero attached hydrogens (tertiary/aromatic N) is 1. The van der Waals surface area contributed by atoms with Gasteiger partial charge in [0.1, 0.15) is 35.1 Å². The summed E-state index contributed by atoms with van der Waals surface area (Å²) in [5.41, 5.74) is 1.94. The van der Waals surface area contributed by atoms with Gasteiger partial charge >= 0.3 is 12.1 Å². The van der Waals surface area contributed by atoms with E-state index in [0.717, 1.165) is 16.7 Å². The van der Waals surface area contributed by atoms with Crippen molar-refractivity contribution < 1.29 is 33.8 Å². The molecule has 0 aromatic heterocycles. The van der Waals surface area contributed by atoms with Crippen LogP contribution in [0.3, 0.4) is 0 Å². The van der Waals surface area contributed by atoms with Crippen molar-refractivity contribution in [2.75, 3.05) is 6.54 Å². The predicted octanol–water partition coefficient (Wildman–Crippen LogP) is 6.27. The van der Waals surface area contributed by atoms with Crippen molar-refractivity contribution in [3.63, 3.8) is 0 Å². The van der Waals surface area contributed by atoms with Crippen molar-refractivity contribution in [2.45, 2.75) is 97.6 Å². The molecule has 0 heterocycles. The summed E-state index contributed by atoms with van der Waals surface area (Å²) in [6, 6.07) is 17.6. The number of carbonyl (C=O) groups is 4. The van der Waals surface area contributed by atoms with Crippen LogP contribution in [0.25, 0.3) is 0 Å². The molecule has 0 fully saturated rings. The van der Waals surface area contributed by atoms with Crippen LogP contribution in [-0.2, 0) is 36.7 Å². The van der Waals surface area contributed by atoms with Crippen molar-refractivity contribution >= 4 is 23.9 Å². The minimum absolute atomic E-state index is 0.0294. The van der Waals surface area contributed by atoms with Crippen LogP contribution in [0, 0.1) is 13.8 Å². The molecular weight excluding hydrogens is 634 g/mol. The third-order valence-corrected chi connectivity index (χ3v) is 7.55. The highest BCUT2D eigenvalue weighted by molar-refractivity contribution is 5.94. The van der Waals surface area contributed by atoms with Gasteiger partial charge in [-0.05, 0) is 89.8 Å². The fourth-order valence-electron chi connectivity index (χ4n) is 5.35. The zero-order valence-corrected chi connectivity index (χ0v) is 30.4. The van der Waals surface area contributed by atoms with Crippen LogP contribution < -0.4 is 10.6 Å². The second-order valence-electron chi connectivity index (χ2n) is 14.4. The number of ether oxygens (including phenoxy) is 2. The standard InChI is InChI=1S/C40H51N3O7/c1-10-22-43(36(46)32(42-38(48)50-40(7,8)9)24-29-18-20-30(44)21-19-29)34(31-23-26(2)16-17-27(31)3)35(45)41-33(37(47)49-39(4,5)6)25-28-14-12-11-13-15-28/h10-21,23,32-34,44H,1,22,24-25H2,2-9H3,(H,41,45)(H,42,48). The van der Waals surface area contributed by atoms with Crippen molar-refractivity contribution in [3.05, 3.63) is 113 Å². The predicted molar refractivity (Wildman–Crippen MR) is 193 cm³/mol. The lowest BCUT2D eigenvalue weighted by Gasteiger charge is -2.35. The first-order valence-electron chi connectivity index (χ1n) is 16.7. The maximum atomic E-state index is 14.7. The Bertz CT molecular complexity index is 1640. The van der Waals surface area contributed by atoms with Gasteiger partial charge in [-0.2, -0.15) is 0 Å². The van der Waals surface area contributed by atoms with Gasteiger partial charge in [0.15, 0.2) is 0 Å². The second kappa shape index (κ2) is 17.0. The third kappa shape index (κ3) is 12.1. The average molecular weight is 686 g/mol. The number of hydrogen-bond donors (Lipinski definition) is 3. The smallest absolute Gasteiger partial charge is 0.408 e. The van der Waals surface area contributed by atoms with Gasteiger partial charge in [0.25, 0.3) is 0 Å². The molecule has 0 saturated heterocycles. The lowest BCUT2D eigenvalue weighted by molar-refractivity contribution is -0.159. The van der Waals surface area contributed by atoms with E-state index in [0.29, 0.717) is 11.1 Å². The molecule has 3 unspecified atom stereocenters. The highest BCUT2D eigenvalue weighted by Gasteiger charge is 2.38. The molecule has 268 valence electrons. The highest BCUT2D eigenvalue weighted by atomic mass is 16.6. The number of esters is 1. The number of alkyl carbamates (subject to hydrolysis) is 1. The lowest BCUT2D eigenvalue weighted by Crippen LogP contribution is -2.55. The Kier molecular flexibility index (Phi) is 13.4. The van der Waals surface area contributed by atoms with Gasteiger partial charge in [-0.3, -0.25) is 9.59 Å². The fourth-order valence-corrected chi connectivity index (χ4v) is 5.35. The Morgan fingerprint density at radius 1 is 0.800 bits per heavy atom. The first-order valence-corrected chi connectivity index (χ1v) is 16.7. The molecule has 0 saturated carbocycles. The lowest BCUT2D eigenvalue weighted by atomic mass is 9.95. The Balaban J connectivity index is 2.13. The molecule has 0 bridgehead atoms.